The minimum absolute atomic E-state index is 0.0722. The van der Waals surface area contributed by atoms with Crippen LogP contribution in [0.15, 0.2) is 0 Å². The lowest BCUT2D eigenvalue weighted by atomic mass is 10.3. The fraction of sp³-hybridized carbons (Fsp3) is 0.750. The van der Waals surface area contributed by atoms with E-state index < -0.39 is 12.1 Å². The Morgan fingerprint density at radius 1 is 1.45 bits per heavy atom. The Labute approximate surface area is 117 Å². The van der Waals surface area contributed by atoms with E-state index >= 15 is 0 Å². The molecule has 1 unspecified atom stereocenters. The van der Waals surface area contributed by atoms with Gasteiger partial charge >= 0.3 is 18.1 Å². The quantitative estimate of drug-likeness (QED) is 0.759. The second kappa shape index (κ2) is 7.56. The molecule has 0 aromatic heterocycles. The molecule has 2 N–H and O–H groups in total. The highest BCUT2D eigenvalue weighted by atomic mass is 16.5. The lowest BCUT2D eigenvalue weighted by molar-refractivity contribution is -0.137. The van der Waals surface area contributed by atoms with E-state index in [0.29, 0.717) is 26.1 Å². The van der Waals surface area contributed by atoms with Gasteiger partial charge in [-0.25, -0.2) is 9.59 Å². The Balaban J connectivity index is 2.47. The number of methoxy groups -OCH3 is 1. The van der Waals surface area contributed by atoms with Crippen molar-refractivity contribution in [1.82, 2.24) is 15.1 Å². The first kappa shape index (κ1) is 16.1. The number of carbonyl (C=O) groups excluding carboxylic acids is 2. The van der Waals surface area contributed by atoms with Gasteiger partial charge in [0.1, 0.15) is 0 Å². The van der Waals surface area contributed by atoms with E-state index in [4.69, 9.17) is 5.11 Å². The topological polar surface area (TPSA) is 99.2 Å². The third-order valence-corrected chi connectivity index (χ3v) is 3.21. The summed E-state index contributed by atoms with van der Waals surface area (Å²) in [5, 5.41) is 11.3. The molecule has 114 valence electrons. The van der Waals surface area contributed by atoms with Gasteiger partial charge in [-0.2, -0.15) is 0 Å². The molecule has 1 aliphatic heterocycles. The molecule has 8 heteroatoms. The maximum Gasteiger partial charge on any atom is 0.407 e. The number of hydrogen-bond donors (Lipinski definition) is 2. The number of ether oxygens (including phenoxy) is 1. The number of urea groups is 1. The van der Waals surface area contributed by atoms with Crippen LogP contribution in [0.1, 0.15) is 19.8 Å². The minimum atomic E-state index is -0.928. The third-order valence-electron chi connectivity index (χ3n) is 3.21. The van der Waals surface area contributed by atoms with Crippen LogP contribution in [0.3, 0.4) is 0 Å². The molecule has 0 aromatic rings. The molecule has 1 saturated heterocycles. The van der Waals surface area contributed by atoms with E-state index in [0.717, 1.165) is 0 Å². The minimum Gasteiger partial charge on any atom is -0.481 e. The second-order valence-corrected chi connectivity index (χ2v) is 4.57. The highest BCUT2D eigenvalue weighted by Crippen LogP contribution is 2.12. The predicted octanol–water partition coefficient (Wildman–Crippen LogP) is 0.333. The highest BCUT2D eigenvalue weighted by Gasteiger charge is 2.29. The Bertz CT molecular complexity index is 374. The summed E-state index contributed by atoms with van der Waals surface area (Å²) in [6.07, 6.45) is 0.0803. The zero-order chi connectivity index (χ0) is 15.1. The maximum absolute atomic E-state index is 12.2. The predicted molar refractivity (Wildman–Crippen MR) is 70.4 cm³/mol. The van der Waals surface area contributed by atoms with Gasteiger partial charge in [-0.15, -0.1) is 0 Å². The number of alkyl carbamates (subject to hydrolysis) is 1. The molecule has 0 aromatic carbocycles. The number of amides is 3. The summed E-state index contributed by atoms with van der Waals surface area (Å²) in [5.41, 5.74) is 0. The summed E-state index contributed by atoms with van der Waals surface area (Å²) in [5.74, 6) is -0.928. The smallest absolute Gasteiger partial charge is 0.407 e. The van der Waals surface area contributed by atoms with Gasteiger partial charge in [0.15, 0.2) is 0 Å². The molecule has 1 rings (SSSR count). The van der Waals surface area contributed by atoms with E-state index in [1.807, 2.05) is 0 Å². The summed E-state index contributed by atoms with van der Waals surface area (Å²) in [4.78, 5) is 37.0. The number of nitrogens with one attached hydrogen (secondary N) is 1. The molecule has 0 bridgehead atoms. The summed E-state index contributed by atoms with van der Waals surface area (Å²) in [6.45, 7) is 3.41. The average molecular weight is 287 g/mol. The van der Waals surface area contributed by atoms with Gasteiger partial charge in [0, 0.05) is 26.2 Å². The van der Waals surface area contributed by atoms with Crippen molar-refractivity contribution < 1.29 is 24.2 Å². The zero-order valence-electron chi connectivity index (χ0n) is 11.8. The number of carboxylic acid groups (broad SMARTS) is 1. The van der Waals surface area contributed by atoms with Crippen molar-refractivity contribution in [3.63, 3.8) is 0 Å². The van der Waals surface area contributed by atoms with Crippen LogP contribution in [-0.2, 0) is 9.53 Å². The zero-order valence-corrected chi connectivity index (χ0v) is 11.8. The number of nitrogens with zero attached hydrogens (tertiary/aromatic N) is 2. The molecule has 0 aliphatic carbocycles. The highest BCUT2D eigenvalue weighted by molar-refractivity contribution is 5.76. The molecule has 1 heterocycles. The second-order valence-electron chi connectivity index (χ2n) is 4.57. The summed E-state index contributed by atoms with van der Waals surface area (Å²) >= 11 is 0. The van der Waals surface area contributed by atoms with Crippen molar-refractivity contribution in [2.24, 2.45) is 0 Å². The van der Waals surface area contributed by atoms with Crippen molar-refractivity contribution in [3.8, 4) is 0 Å². The lowest BCUT2D eigenvalue weighted by Gasteiger charge is -2.26. The third kappa shape index (κ3) is 4.60. The van der Waals surface area contributed by atoms with Crippen LogP contribution in [0, 0.1) is 0 Å². The van der Waals surface area contributed by atoms with Crippen molar-refractivity contribution in [1.29, 1.82) is 0 Å². The van der Waals surface area contributed by atoms with Gasteiger partial charge in [0.2, 0.25) is 0 Å². The van der Waals surface area contributed by atoms with Gasteiger partial charge < -0.3 is 25.0 Å². The Hall–Kier alpha value is -1.99. The van der Waals surface area contributed by atoms with Gasteiger partial charge in [0.05, 0.1) is 19.6 Å². The lowest BCUT2D eigenvalue weighted by Crippen LogP contribution is -2.44. The van der Waals surface area contributed by atoms with Gasteiger partial charge in [-0.05, 0) is 13.3 Å². The largest absolute Gasteiger partial charge is 0.481 e. The molecule has 1 aliphatic rings. The number of likely N-dealkylation sites (tertiary alicyclic amines) is 1. The fourth-order valence-corrected chi connectivity index (χ4v) is 2.10. The van der Waals surface area contributed by atoms with Gasteiger partial charge in [-0.1, -0.05) is 0 Å². The summed E-state index contributed by atoms with van der Waals surface area (Å²) in [7, 11) is 1.29. The van der Waals surface area contributed by atoms with Crippen molar-refractivity contribution >= 4 is 18.1 Å². The Morgan fingerprint density at radius 2 is 2.15 bits per heavy atom. The average Bonchev–Trinajstić information content (AvgIpc) is 2.87. The number of hydrogen-bond acceptors (Lipinski definition) is 4. The SMILES string of the molecule is CCN(CCC(=O)O)C(=O)N1CCC(NC(=O)OC)C1. The van der Waals surface area contributed by atoms with Crippen LogP contribution in [0.2, 0.25) is 0 Å². The molecule has 3 amide bonds. The molecule has 1 atom stereocenters. The van der Waals surface area contributed by atoms with Crippen LogP contribution in [-0.4, -0.2) is 72.3 Å². The number of carboxylic acids is 1. The summed E-state index contributed by atoms with van der Waals surface area (Å²) in [6, 6.07) is -0.313. The number of carbonyl (C=O) groups is 3. The van der Waals surface area contributed by atoms with Crippen LogP contribution >= 0.6 is 0 Å². The van der Waals surface area contributed by atoms with Crippen LogP contribution in [0.5, 0.6) is 0 Å². The van der Waals surface area contributed by atoms with E-state index in [-0.39, 0.29) is 25.0 Å². The molecule has 1 fully saturated rings. The monoisotopic (exact) mass is 287 g/mol. The van der Waals surface area contributed by atoms with Crippen molar-refractivity contribution in [2.75, 3.05) is 33.3 Å². The maximum atomic E-state index is 12.2. The summed E-state index contributed by atoms with van der Waals surface area (Å²) < 4.78 is 4.51. The van der Waals surface area contributed by atoms with E-state index in [1.54, 1.807) is 11.8 Å². The van der Waals surface area contributed by atoms with Crippen molar-refractivity contribution in [2.45, 2.75) is 25.8 Å². The molecular weight excluding hydrogens is 266 g/mol. The van der Waals surface area contributed by atoms with E-state index in [1.165, 1.54) is 12.0 Å². The van der Waals surface area contributed by atoms with Crippen LogP contribution < -0.4 is 5.32 Å². The normalized spacial score (nSPS) is 17.7. The molecule has 0 radical (unpaired) electrons. The molecule has 0 saturated carbocycles. The molecule has 20 heavy (non-hydrogen) atoms. The molecule has 8 nitrogen and oxygen atoms in total. The number of aliphatic carboxylic acids is 1. The first-order valence-corrected chi connectivity index (χ1v) is 6.58. The van der Waals surface area contributed by atoms with E-state index in [9.17, 15) is 14.4 Å². The fourth-order valence-electron chi connectivity index (χ4n) is 2.10. The van der Waals surface area contributed by atoms with E-state index in [2.05, 4.69) is 10.1 Å². The molecule has 0 spiro atoms. The first-order chi connectivity index (χ1) is 9.47. The van der Waals surface area contributed by atoms with Crippen LogP contribution in [0.4, 0.5) is 9.59 Å². The van der Waals surface area contributed by atoms with Gasteiger partial charge in [0.25, 0.3) is 0 Å². The Morgan fingerprint density at radius 3 is 2.70 bits per heavy atom. The number of rotatable bonds is 5. The van der Waals surface area contributed by atoms with Crippen molar-refractivity contribution in [3.05, 3.63) is 0 Å². The van der Waals surface area contributed by atoms with Crippen LogP contribution in [0.25, 0.3) is 0 Å². The van der Waals surface area contributed by atoms with Gasteiger partial charge in [-0.3, -0.25) is 4.79 Å². The first-order valence-electron chi connectivity index (χ1n) is 6.58. The standard InChI is InChI=1S/C12H21N3O5/c1-3-14(7-5-10(16)17)12(19)15-6-4-9(8-15)13-11(18)20-2/h9H,3-8H2,1-2H3,(H,13,18)(H,16,17). The Kier molecular flexibility index (Phi) is 6.08. The molecular formula is C12H21N3O5.